The molecule has 0 amide bonds. The highest BCUT2D eigenvalue weighted by atomic mass is 15.3. The lowest BCUT2D eigenvalue weighted by Gasteiger charge is -2.34. The lowest BCUT2D eigenvalue weighted by atomic mass is 10.2. The van der Waals surface area contributed by atoms with Crippen LogP contribution in [0, 0.1) is 5.92 Å². The van der Waals surface area contributed by atoms with Crippen LogP contribution in [0.15, 0.2) is 30.5 Å². The fraction of sp³-hybridized carbons (Fsp3) is 0.500. The molecule has 0 aliphatic carbocycles. The van der Waals surface area contributed by atoms with Gasteiger partial charge >= 0.3 is 0 Å². The zero-order valence-corrected chi connectivity index (χ0v) is 15.2. The number of hydrogen-bond donors (Lipinski definition) is 2. The highest BCUT2D eigenvalue weighted by Gasteiger charge is 2.14. The molecule has 0 saturated carbocycles. The van der Waals surface area contributed by atoms with Gasteiger partial charge in [-0.05, 0) is 37.2 Å². The van der Waals surface area contributed by atoms with Crippen LogP contribution in [0.1, 0.15) is 13.8 Å². The third-order valence-electron chi connectivity index (χ3n) is 4.24. The molecule has 1 aliphatic heterocycles. The molecule has 1 aromatic carbocycles. The van der Waals surface area contributed by atoms with E-state index in [0.717, 1.165) is 44.2 Å². The van der Waals surface area contributed by atoms with Crippen molar-refractivity contribution >= 4 is 23.1 Å². The van der Waals surface area contributed by atoms with E-state index in [1.165, 1.54) is 5.69 Å². The summed E-state index contributed by atoms with van der Waals surface area (Å²) in [7, 11) is 2.17. The zero-order valence-electron chi connectivity index (χ0n) is 15.2. The Morgan fingerprint density at radius 3 is 2.48 bits per heavy atom. The molecule has 7 nitrogen and oxygen atoms in total. The minimum Gasteiger partial charge on any atom is -0.369 e. The molecule has 2 heterocycles. The third kappa shape index (κ3) is 5.03. The summed E-state index contributed by atoms with van der Waals surface area (Å²) in [5.41, 5.74) is 2.21. The maximum atomic E-state index is 4.45. The van der Waals surface area contributed by atoms with Crippen molar-refractivity contribution in [2.24, 2.45) is 5.92 Å². The second kappa shape index (κ2) is 8.11. The van der Waals surface area contributed by atoms with Gasteiger partial charge in [-0.15, -0.1) is 5.10 Å². The van der Waals surface area contributed by atoms with E-state index >= 15 is 0 Å². The molecule has 1 saturated heterocycles. The molecule has 3 rings (SSSR count). The normalized spacial score (nSPS) is 15.4. The van der Waals surface area contributed by atoms with Gasteiger partial charge in [0.1, 0.15) is 0 Å². The van der Waals surface area contributed by atoms with Gasteiger partial charge in [-0.3, -0.25) is 0 Å². The minimum absolute atomic E-state index is 0.501. The van der Waals surface area contributed by atoms with Gasteiger partial charge in [0.2, 0.25) is 5.95 Å². The Kier molecular flexibility index (Phi) is 5.65. The van der Waals surface area contributed by atoms with Gasteiger partial charge in [-0.2, -0.15) is 10.1 Å². The van der Waals surface area contributed by atoms with Crippen LogP contribution in [-0.4, -0.2) is 59.9 Å². The minimum atomic E-state index is 0.501. The van der Waals surface area contributed by atoms with Crippen molar-refractivity contribution in [2.45, 2.75) is 13.8 Å². The summed E-state index contributed by atoms with van der Waals surface area (Å²) in [6, 6.07) is 8.40. The lowest BCUT2D eigenvalue weighted by Crippen LogP contribution is -2.44. The summed E-state index contributed by atoms with van der Waals surface area (Å²) >= 11 is 0. The summed E-state index contributed by atoms with van der Waals surface area (Å²) < 4.78 is 0. The molecule has 0 bridgehead atoms. The molecule has 0 radical (unpaired) electrons. The molecule has 1 fully saturated rings. The maximum Gasteiger partial charge on any atom is 0.249 e. The summed E-state index contributed by atoms with van der Waals surface area (Å²) in [5, 5.41) is 14.5. The molecule has 1 aromatic heterocycles. The first-order valence-electron chi connectivity index (χ1n) is 8.84. The van der Waals surface area contributed by atoms with E-state index in [1.807, 2.05) is 0 Å². The van der Waals surface area contributed by atoms with Crippen molar-refractivity contribution in [3.05, 3.63) is 30.5 Å². The summed E-state index contributed by atoms with van der Waals surface area (Å²) in [6.07, 6.45) is 1.64. The van der Waals surface area contributed by atoms with E-state index in [0.29, 0.717) is 11.9 Å². The number of hydrogen-bond acceptors (Lipinski definition) is 7. The summed E-state index contributed by atoms with van der Waals surface area (Å²) in [4.78, 5) is 9.22. The number of nitrogens with one attached hydrogen (secondary N) is 2. The quantitative estimate of drug-likeness (QED) is 0.836. The highest BCUT2D eigenvalue weighted by molar-refractivity contribution is 5.59. The van der Waals surface area contributed by atoms with Crippen LogP contribution >= 0.6 is 0 Å². The molecule has 1 aliphatic rings. The number of anilines is 4. The van der Waals surface area contributed by atoms with Crippen LogP contribution in [0.5, 0.6) is 0 Å². The third-order valence-corrected chi connectivity index (χ3v) is 4.24. The maximum absolute atomic E-state index is 4.45. The molecule has 25 heavy (non-hydrogen) atoms. The molecule has 2 N–H and O–H groups in total. The number of likely N-dealkylation sites (N-methyl/N-ethyl adjacent to an activating group) is 1. The first-order chi connectivity index (χ1) is 12.1. The van der Waals surface area contributed by atoms with E-state index in [4.69, 9.17) is 0 Å². The van der Waals surface area contributed by atoms with E-state index in [1.54, 1.807) is 6.20 Å². The van der Waals surface area contributed by atoms with E-state index in [2.05, 4.69) is 80.8 Å². The second-order valence-electron chi connectivity index (χ2n) is 6.90. The average molecular weight is 341 g/mol. The second-order valence-corrected chi connectivity index (χ2v) is 6.90. The van der Waals surface area contributed by atoms with Gasteiger partial charge in [-0.25, -0.2) is 0 Å². The summed E-state index contributed by atoms with van der Waals surface area (Å²) in [5.74, 6) is 1.79. The number of nitrogens with zero attached hydrogens (tertiary/aromatic N) is 5. The predicted octanol–water partition coefficient (Wildman–Crippen LogP) is 2.43. The fourth-order valence-corrected chi connectivity index (χ4v) is 2.70. The Hall–Kier alpha value is -2.41. The lowest BCUT2D eigenvalue weighted by molar-refractivity contribution is 0.313. The van der Waals surface area contributed by atoms with Crippen LogP contribution in [0.3, 0.4) is 0 Å². The average Bonchev–Trinajstić information content (AvgIpc) is 2.62. The molecule has 2 aromatic rings. The molecule has 0 unspecified atom stereocenters. The van der Waals surface area contributed by atoms with E-state index in [9.17, 15) is 0 Å². The van der Waals surface area contributed by atoms with E-state index in [-0.39, 0.29) is 0 Å². The summed E-state index contributed by atoms with van der Waals surface area (Å²) in [6.45, 7) is 9.52. The number of aromatic nitrogens is 3. The number of rotatable bonds is 6. The molecule has 134 valence electrons. The van der Waals surface area contributed by atoms with Crippen LogP contribution in [0.4, 0.5) is 23.1 Å². The first kappa shape index (κ1) is 17.4. The van der Waals surface area contributed by atoms with Crippen LogP contribution in [-0.2, 0) is 0 Å². The largest absolute Gasteiger partial charge is 0.369 e. The van der Waals surface area contributed by atoms with Gasteiger partial charge in [0.25, 0.3) is 0 Å². The molecule has 0 spiro atoms. The van der Waals surface area contributed by atoms with Crippen molar-refractivity contribution < 1.29 is 0 Å². The highest BCUT2D eigenvalue weighted by Crippen LogP contribution is 2.21. The molecular formula is C18H27N7. The Morgan fingerprint density at radius 2 is 1.80 bits per heavy atom. The molecular weight excluding hydrogens is 314 g/mol. The van der Waals surface area contributed by atoms with Crippen molar-refractivity contribution in [3.8, 4) is 0 Å². The number of benzene rings is 1. The topological polar surface area (TPSA) is 69.2 Å². The number of piperazine rings is 1. The molecule has 7 heteroatoms. The Balaban J connectivity index is 1.60. The van der Waals surface area contributed by atoms with Crippen LogP contribution < -0.4 is 15.5 Å². The first-order valence-corrected chi connectivity index (χ1v) is 8.84. The predicted molar refractivity (Wildman–Crippen MR) is 103 cm³/mol. The smallest absolute Gasteiger partial charge is 0.249 e. The monoisotopic (exact) mass is 341 g/mol. The van der Waals surface area contributed by atoms with Gasteiger partial charge < -0.3 is 20.4 Å². The Morgan fingerprint density at radius 1 is 1.08 bits per heavy atom. The van der Waals surface area contributed by atoms with E-state index < -0.39 is 0 Å². The standard InChI is InChI=1S/C18H27N7/c1-14(2)12-19-17-13-20-23-18(22-17)21-15-4-6-16(7-5-15)25-10-8-24(3)9-11-25/h4-7,13-14H,8-12H2,1-3H3,(H2,19,21,22,23). The van der Waals surface area contributed by atoms with Gasteiger partial charge in [0.05, 0.1) is 6.20 Å². The van der Waals surface area contributed by atoms with Crippen molar-refractivity contribution in [2.75, 3.05) is 55.3 Å². The molecule has 0 atom stereocenters. The van der Waals surface area contributed by atoms with Crippen LogP contribution in [0.2, 0.25) is 0 Å². The van der Waals surface area contributed by atoms with Crippen molar-refractivity contribution in [1.82, 2.24) is 20.1 Å². The van der Waals surface area contributed by atoms with Crippen LogP contribution in [0.25, 0.3) is 0 Å². The van der Waals surface area contributed by atoms with Gasteiger partial charge in [0.15, 0.2) is 5.82 Å². The Bertz CT molecular complexity index is 663. The Labute approximate surface area is 149 Å². The van der Waals surface area contributed by atoms with Crippen molar-refractivity contribution in [1.29, 1.82) is 0 Å². The van der Waals surface area contributed by atoms with Gasteiger partial charge in [-0.1, -0.05) is 13.8 Å². The van der Waals surface area contributed by atoms with Crippen molar-refractivity contribution in [3.63, 3.8) is 0 Å². The fourth-order valence-electron chi connectivity index (χ4n) is 2.70. The zero-order chi connectivity index (χ0) is 17.6. The SMILES string of the molecule is CC(C)CNc1cnnc(Nc2ccc(N3CCN(C)CC3)cc2)n1. The van der Waals surface area contributed by atoms with Gasteiger partial charge in [0, 0.05) is 44.1 Å².